The van der Waals surface area contributed by atoms with Crippen LogP contribution in [0.3, 0.4) is 0 Å². The maximum absolute atomic E-state index is 12.8. The van der Waals surface area contributed by atoms with E-state index in [1.165, 1.54) is 13.2 Å². The van der Waals surface area contributed by atoms with Crippen molar-refractivity contribution >= 4 is 11.6 Å². The summed E-state index contributed by atoms with van der Waals surface area (Å²) in [6, 6.07) is 2.97. The van der Waals surface area contributed by atoms with Crippen LogP contribution >= 0.6 is 0 Å². The quantitative estimate of drug-likeness (QED) is 0.822. The molecule has 1 atom stereocenters. The van der Waals surface area contributed by atoms with Crippen molar-refractivity contribution in [3.05, 3.63) is 29.3 Å². The Labute approximate surface area is 121 Å². The fourth-order valence-electron chi connectivity index (χ4n) is 1.84. The highest BCUT2D eigenvalue weighted by atomic mass is 19.4. The Morgan fingerprint density at radius 3 is 2.48 bits per heavy atom. The second-order valence-electron chi connectivity index (χ2n) is 5.04. The third kappa shape index (κ3) is 4.35. The summed E-state index contributed by atoms with van der Waals surface area (Å²) in [5.41, 5.74) is 3.72. The fraction of sp³-hybridized carbons (Fsp3) is 0.500. The first-order valence-electron chi connectivity index (χ1n) is 6.44. The fourth-order valence-corrected chi connectivity index (χ4v) is 1.84. The number of hydrogen-bond acceptors (Lipinski definition) is 3. The van der Waals surface area contributed by atoms with E-state index in [1.807, 2.05) is 13.8 Å². The minimum absolute atomic E-state index is 0.0703. The first-order valence-corrected chi connectivity index (χ1v) is 6.44. The number of halogens is 3. The van der Waals surface area contributed by atoms with Crippen LogP contribution in [0.2, 0.25) is 0 Å². The van der Waals surface area contributed by atoms with Crippen molar-refractivity contribution in [2.45, 2.75) is 26.1 Å². The van der Waals surface area contributed by atoms with E-state index in [0.717, 1.165) is 12.1 Å². The van der Waals surface area contributed by atoms with E-state index in [1.54, 1.807) is 0 Å². The average molecular weight is 304 g/mol. The van der Waals surface area contributed by atoms with Crippen LogP contribution in [0.1, 0.15) is 29.8 Å². The number of carbonyl (C=O) groups is 1. The number of nitrogen functional groups attached to an aromatic ring is 1. The van der Waals surface area contributed by atoms with Crippen molar-refractivity contribution in [1.29, 1.82) is 0 Å². The number of ether oxygens (including phenoxy) is 1. The molecule has 0 radical (unpaired) electrons. The van der Waals surface area contributed by atoms with Crippen LogP contribution < -0.4 is 11.1 Å². The van der Waals surface area contributed by atoms with E-state index in [2.05, 4.69) is 5.32 Å². The van der Waals surface area contributed by atoms with E-state index in [9.17, 15) is 18.0 Å². The van der Waals surface area contributed by atoms with Gasteiger partial charge in [-0.25, -0.2) is 0 Å². The largest absolute Gasteiger partial charge is 0.418 e. The summed E-state index contributed by atoms with van der Waals surface area (Å²) in [6.45, 7) is 4.02. The molecular weight excluding hydrogens is 285 g/mol. The van der Waals surface area contributed by atoms with Gasteiger partial charge in [0.15, 0.2) is 0 Å². The van der Waals surface area contributed by atoms with Crippen molar-refractivity contribution in [3.8, 4) is 0 Å². The second kappa shape index (κ2) is 6.80. The third-order valence-corrected chi connectivity index (χ3v) is 3.12. The molecule has 1 unspecified atom stereocenters. The predicted molar refractivity (Wildman–Crippen MR) is 73.8 cm³/mol. The number of anilines is 1. The van der Waals surface area contributed by atoms with Crippen molar-refractivity contribution in [2.24, 2.45) is 5.92 Å². The molecule has 1 aromatic rings. The summed E-state index contributed by atoms with van der Waals surface area (Å²) in [4.78, 5) is 12.1. The van der Waals surface area contributed by atoms with E-state index < -0.39 is 23.3 Å². The average Bonchev–Trinajstić information content (AvgIpc) is 2.36. The SMILES string of the molecule is COCC(NC(=O)c1cccc(C(F)(F)F)c1N)C(C)C. The Morgan fingerprint density at radius 2 is 2.00 bits per heavy atom. The predicted octanol–water partition coefficient (Wildman–Crippen LogP) is 2.69. The molecule has 0 aliphatic heterocycles. The molecule has 21 heavy (non-hydrogen) atoms. The zero-order valence-electron chi connectivity index (χ0n) is 12.1. The molecule has 4 nitrogen and oxygen atoms in total. The monoisotopic (exact) mass is 304 g/mol. The van der Waals surface area contributed by atoms with Crippen LogP contribution in [0.25, 0.3) is 0 Å². The molecule has 118 valence electrons. The van der Waals surface area contributed by atoms with Gasteiger partial charge in [-0.1, -0.05) is 19.9 Å². The van der Waals surface area contributed by atoms with Gasteiger partial charge in [-0.15, -0.1) is 0 Å². The number of para-hydroxylation sites is 1. The Morgan fingerprint density at radius 1 is 1.38 bits per heavy atom. The molecule has 0 saturated heterocycles. The van der Waals surface area contributed by atoms with Crippen molar-refractivity contribution in [2.75, 3.05) is 19.5 Å². The molecular formula is C14H19F3N2O2. The summed E-state index contributed by atoms with van der Waals surface area (Å²) in [5, 5.41) is 2.64. The van der Waals surface area contributed by atoms with Crippen LogP contribution in [0.5, 0.6) is 0 Å². The smallest absolute Gasteiger partial charge is 0.398 e. The van der Waals surface area contributed by atoms with Gasteiger partial charge in [0.1, 0.15) is 0 Å². The van der Waals surface area contributed by atoms with Gasteiger partial charge in [0, 0.05) is 7.11 Å². The van der Waals surface area contributed by atoms with Crippen LogP contribution in [-0.2, 0) is 10.9 Å². The van der Waals surface area contributed by atoms with E-state index in [4.69, 9.17) is 10.5 Å². The Balaban J connectivity index is 3.03. The summed E-state index contributed by atoms with van der Waals surface area (Å²) < 4.78 is 43.3. The first kappa shape index (κ1) is 17.3. The molecule has 0 saturated carbocycles. The lowest BCUT2D eigenvalue weighted by Gasteiger charge is -2.22. The summed E-state index contributed by atoms with van der Waals surface area (Å²) in [7, 11) is 1.49. The Hall–Kier alpha value is -1.76. The number of benzene rings is 1. The van der Waals surface area contributed by atoms with Gasteiger partial charge in [-0.05, 0) is 18.1 Å². The molecule has 0 aromatic heterocycles. The van der Waals surface area contributed by atoms with Crippen molar-refractivity contribution in [1.82, 2.24) is 5.32 Å². The maximum atomic E-state index is 12.8. The van der Waals surface area contributed by atoms with E-state index in [-0.39, 0.29) is 24.1 Å². The zero-order chi connectivity index (χ0) is 16.2. The van der Waals surface area contributed by atoms with Gasteiger partial charge < -0.3 is 15.8 Å². The van der Waals surface area contributed by atoms with Crippen LogP contribution in [0, 0.1) is 5.92 Å². The minimum Gasteiger partial charge on any atom is -0.398 e. The number of nitrogens with two attached hydrogens (primary N) is 1. The van der Waals surface area contributed by atoms with E-state index in [0.29, 0.717) is 0 Å². The minimum atomic E-state index is -4.59. The lowest BCUT2D eigenvalue weighted by molar-refractivity contribution is -0.136. The van der Waals surface area contributed by atoms with Crippen molar-refractivity contribution < 1.29 is 22.7 Å². The lowest BCUT2D eigenvalue weighted by atomic mass is 10.0. The van der Waals surface area contributed by atoms with Gasteiger partial charge in [-0.2, -0.15) is 13.2 Å². The zero-order valence-corrected chi connectivity index (χ0v) is 12.1. The molecule has 1 rings (SSSR count). The molecule has 1 amide bonds. The molecule has 1 aromatic carbocycles. The standard InChI is InChI=1S/C14H19F3N2O2/c1-8(2)11(7-21-3)19-13(20)9-5-4-6-10(12(9)18)14(15,16)17/h4-6,8,11H,7,18H2,1-3H3,(H,19,20). The molecule has 0 aliphatic rings. The highest BCUT2D eigenvalue weighted by Gasteiger charge is 2.34. The van der Waals surface area contributed by atoms with Gasteiger partial charge in [0.05, 0.1) is 29.5 Å². The van der Waals surface area contributed by atoms with Crippen LogP contribution in [0.15, 0.2) is 18.2 Å². The normalized spacial score (nSPS) is 13.3. The summed E-state index contributed by atoms with van der Waals surface area (Å²) in [5.74, 6) is -0.574. The number of rotatable bonds is 5. The summed E-state index contributed by atoms with van der Waals surface area (Å²) >= 11 is 0. The third-order valence-electron chi connectivity index (χ3n) is 3.12. The van der Waals surface area contributed by atoms with E-state index >= 15 is 0 Å². The lowest BCUT2D eigenvalue weighted by Crippen LogP contribution is -2.42. The molecule has 0 heterocycles. The van der Waals surface area contributed by atoms with Crippen LogP contribution in [-0.4, -0.2) is 25.7 Å². The molecule has 0 fully saturated rings. The highest BCUT2D eigenvalue weighted by Crippen LogP contribution is 2.34. The Kier molecular flexibility index (Phi) is 5.60. The number of carbonyl (C=O) groups excluding carboxylic acids is 1. The number of alkyl halides is 3. The topological polar surface area (TPSA) is 64.3 Å². The highest BCUT2D eigenvalue weighted by molar-refractivity contribution is 6.00. The van der Waals surface area contributed by atoms with Gasteiger partial charge >= 0.3 is 6.18 Å². The van der Waals surface area contributed by atoms with Crippen LogP contribution in [0.4, 0.5) is 18.9 Å². The number of nitrogens with one attached hydrogen (secondary N) is 1. The second-order valence-corrected chi connectivity index (χ2v) is 5.04. The van der Waals surface area contributed by atoms with Gasteiger partial charge in [0.2, 0.25) is 0 Å². The summed E-state index contributed by atoms with van der Waals surface area (Å²) in [6.07, 6.45) is -4.59. The number of amides is 1. The first-order chi connectivity index (χ1) is 9.68. The Bertz CT molecular complexity index is 501. The van der Waals surface area contributed by atoms with Crippen molar-refractivity contribution in [3.63, 3.8) is 0 Å². The molecule has 0 spiro atoms. The molecule has 0 aliphatic carbocycles. The molecule has 7 heteroatoms. The van der Waals surface area contributed by atoms with Gasteiger partial charge in [-0.3, -0.25) is 4.79 Å². The number of methoxy groups -OCH3 is 1. The molecule has 0 bridgehead atoms. The maximum Gasteiger partial charge on any atom is 0.418 e. The van der Waals surface area contributed by atoms with Gasteiger partial charge in [0.25, 0.3) is 5.91 Å². The molecule has 3 N–H and O–H groups in total. The number of hydrogen-bond donors (Lipinski definition) is 2.